The second-order valence-electron chi connectivity index (χ2n) is 9.39. The summed E-state index contributed by atoms with van der Waals surface area (Å²) in [6, 6.07) is 0. The van der Waals surface area contributed by atoms with Gasteiger partial charge in [-0.1, -0.05) is 0 Å². The van der Waals surface area contributed by atoms with Gasteiger partial charge < -0.3 is 14.5 Å². The van der Waals surface area contributed by atoms with Gasteiger partial charge in [-0.25, -0.2) is 14.8 Å². The number of carbonyl (C=O) groups is 1. The molecule has 0 atom stereocenters. The Balaban J connectivity index is 1.23. The van der Waals surface area contributed by atoms with E-state index in [0.717, 1.165) is 55.1 Å². The highest BCUT2D eigenvalue weighted by atomic mass is 127. The molecule has 4 rings (SSSR count). The number of anilines is 1. The van der Waals surface area contributed by atoms with E-state index in [1.54, 1.807) is 0 Å². The van der Waals surface area contributed by atoms with Gasteiger partial charge in [0.2, 0.25) is 5.95 Å². The number of rotatable bonds is 3. The molecule has 1 aromatic heterocycles. The first kappa shape index (κ1) is 20.1. The Labute approximate surface area is 181 Å². The summed E-state index contributed by atoms with van der Waals surface area (Å²) in [6.45, 7) is 11.8. The molecule has 3 fully saturated rings. The van der Waals surface area contributed by atoms with E-state index in [0.29, 0.717) is 11.5 Å². The number of carbonyl (C=O) groups excluding carboxylic acids is 1. The summed E-state index contributed by atoms with van der Waals surface area (Å²) in [5, 5.41) is 0. The monoisotopic (exact) mass is 499 g/mol. The number of hydrogen-bond acceptors (Lipinski definition) is 6. The van der Waals surface area contributed by atoms with E-state index >= 15 is 0 Å². The molecule has 0 saturated carbocycles. The second-order valence-corrected chi connectivity index (χ2v) is 10.6. The smallest absolute Gasteiger partial charge is 0.410 e. The lowest BCUT2D eigenvalue weighted by atomic mass is 9.76. The average molecular weight is 499 g/mol. The number of amides is 1. The Kier molecular flexibility index (Phi) is 5.45. The molecular formula is C20H30IN5O2. The van der Waals surface area contributed by atoms with E-state index in [-0.39, 0.29) is 6.09 Å². The molecule has 7 nitrogen and oxygen atoms in total. The third kappa shape index (κ3) is 4.22. The topological polar surface area (TPSA) is 61.8 Å². The quantitative estimate of drug-likeness (QED) is 0.597. The number of nitrogens with zero attached hydrogens (tertiary/aromatic N) is 5. The third-order valence-electron chi connectivity index (χ3n) is 6.12. The van der Waals surface area contributed by atoms with Gasteiger partial charge in [0.05, 0.1) is 5.54 Å². The molecule has 0 N–H and O–H groups in total. The Morgan fingerprint density at radius 2 is 1.86 bits per heavy atom. The molecule has 1 spiro atoms. The van der Waals surface area contributed by atoms with Crippen LogP contribution >= 0.6 is 22.6 Å². The van der Waals surface area contributed by atoms with Crippen LogP contribution in [0.5, 0.6) is 0 Å². The van der Waals surface area contributed by atoms with Gasteiger partial charge in [0.25, 0.3) is 0 Å². The molecule has 3 aliphatic heterocycles. The highest BCUT2D eigenvalue weighted by Crippen LogP contribution is 2.41. The van der Waals surface area contributed by atoms with Gasteiger partial charge in [-0.15, -0.1) is 0 Å². The van der Waals surface area contributed by atoms with Crippen LogP contribution in [-0.2, 0) is 4.74 Å². The van der Waals surface area contributed by atoms with Crippen LogP contribution in [0.25, 0.3) is 0 Å². The first-order valence-corrected chi connectivity index (χ1v) is 11.3. The van der Waals surface area contributed by atoms with Crippen LogP contribution < -0.4 is 4.90 Å². The fourth-order valence-electron chi connectivity index (χ4n) is 4.44. The normalized spacial score (nSPS) is 22.7. The Morgan fingerprint density at radius 3 is 2.39 bits per heavy atom. The highest BCUT2D eigenvalue weighted by Gasteiger charge is 2.54. The Hall–Kier alpha value is -1.16. The largest absolute Gasteiger partial charge is 0.444 e. The lowest BCUT2D eigenvalue weighted by Crippen LogP contribution is -2.77. The van der Waals surface area contributed by atoms with Crippen molar-refractivity contribution in [2.75, 3.05) is 44.2 Å². The predicted octanol–water partition coefficient (Wildman–Crippen LogP) is 2.99. The van der Waals surface area contributed by atoms with Gasteiger partial charge in [-0.05, 0) is 68.5 Å². The summed E-state index contributed by atoms with van der Waals surface area (Å²) >= 11 is 2.24. The van der Waals surface area contributed by atoms with Crippen LogP contribution in [0.1, 0.15) is 40.0 Å². The van der Waals surface area contributed by atoms with Crippen LogP contribution in [0.2, 0.25) is 0 Å². The Morgan fingerprint density at radius 1 is 1.21 bits per heavy atom. The van der Waals surface area contributed by atoms with Gasteiger partial charge in [-0.2, -0.15) is 0 Å². The van der Waals surface area contributed by atoms with E-state index in [1.807, 2.05) is 38.1 Å². The van der Waals surface area contributed by atoms with Crippen molar-refractivity contribution in [3.8, 4) is 0 Å². The second kappa shape index (κ2) is 7.59. The summed E-state index contributed by atoms with van der Waals surface area (Å²) in [6.07, 6.45) is 6.99. The van der Waals surface area contributed by atoms with E-state index in [2.05, 4.69) is 42.4 Å². The predicted molar refractivity (Wildman–Crippen MR) is 116 cm³/mol. The lowest BCUT2D eigenvalue weighted by molar-refractivity contribution is -0.0531. The molecule has 28 heavy (non-hydrogen) atoms. The fraction of sp³-hybridized carbons (Fsp3) is 0.750. The standard InChI is InChI=1S/C20H30IN5O2/c1-19(2,3)28-18(27)24-7-4-15(5-8-24)12-26-9-6-20(26)13-25(14-20)17-22-10-16(21)11-23-17/h10-11,15H,4-9,12-14H2,1-3H3. The van der Waals surface area contributed by atoms with E-state index in [9.17, 15) is 4.79 Å². The molecule has 0 aliphatic carbocycles. The van der Waals surface area contributed by atoms with E-state index in [1.165, 1.54) is 13.0 Å². The molecule has 4 heterocycles. The van der Waals surface area contributed by atoms with Crippen LogP contribution in [-0.4, -0.2) is 76.3 Å². The zero-order chi connectivity index (χ0) is 19.9. The summed E-state index contributed by atoms with van der Waals surface area (Å²) in [5.74, 6) is 1.52. The number of ether oxygens (including phenoxy) is 1. The third-order valence-corrected chi connectivity index (χ3v) is 6.68. The Bertz CT molecular complexity index is 706. The molecule has 154 valence electrons. The number of aromatic nitrogens is 2. The van der Waals surface area contributed by atoms with Crippen molar-refractivity contribution >= 4 is 34.6 Å². The summed E-state index contributed by atoms with van der Waals surface area (Å²) < 4.78 is 6.57. The SMILES string of the molecule is CC(C)(C)OC(=O)N1CCC(CN2CCC23CN(c2ncc(I)cn2)C3)CC1. The molecule has 8 heteroatoms. The van der Waals surface area contributed by atoms with Crippen molar-refractivity contribution in [3.63, 3.8) is 0 Å². The van der Waals surface area contributed by atoms with Gasteiger partial charge in [-0.3, -0.25) is 4.90 Å². The van der Waals surface area contributed by atoms with Gasteiger partial charge >= 0.3 is 6.09 Å². The molecule has 3 saturated heterocycles. The van der Waals surface area contributed by atoms with Crippen molar-refractivity contribution in [2.24, 2.45) is 5.92 Å². The van der Waals surface area contributed by atoms with Crippen molar-refractivity contribution in [3.05, 3.63) is 16.0 Å². The summed E-state index contributed by atoms with van der Waals surface area (Å²) in [4.78, 5) is 28.0. The minimum absolute atomic E-state index is 0.168. The molecule has 0 aromatic carbocycles. The first-order valence-electron chi connectivity index (χ1n) is 10.2. The number of hydrogen-bond donors (Lipinski definition) is 0. The maximum atomic E-state index is 12.2. The van der Waals surface area contributed by atoms with Gasteiger partial charge in [0.1, 0.15) is 5.60 Å². The van der Waals surface area contributed by atoms with Crippen molar-refractivity contribution in [1.29, 1.82) is 0 Å². The van der Waals surface area contributed by atoms with Gasteiger partial charge in [0, 0.05) is 55.2 Å². The van der Waals surface area contributed by atoms with E-state index in [4.69, 9.17) is 4.74 Å². The molecule has 1 aromatic rings. The van der Waals surface area contributed by atoms with E-state index < -0.39 is 5.60 Å². The molecule has 1 amide bonds. The summed E-state index contributed by atoms with van der Waals surface area (Å²) in [7, 11) is 0. The van der Waals surface area contributed by atoms with Gasteiger partial charge in [0.15, 0.2) is 0 Å². The van der Waals surface area contributed by atoms with Crippen LogP contribution in [0, 0.1) is 9.49 Å². The average Bonchev–Trinajstić information content (AvgIpc) is 2.58. The lowest BCUT2D eigenvalue weighted by Gasteiger charge is -2.63. The van der Waals surface area contributed by atoms with Crippen LogP contribution in [0.4, 0.5) is 10.7 Å². The molecular weight excluding hydrogens is 469 g/mol. The van der Waals surface area contributed by atoms with Crippen molar-refractivity contribution in [1.82, 2.24) is 19.8 Å². The minimum atomic E-state index is -0.422. The molecule has 3 aliphatic rings. The van der Waals surface area contributed by atoms with Crippen molar-refractivity contribution < 1.29 is 9.53 Å². The fourth-order valence-corrected chi connectivity index (χ4v) is 4.72. The maximum Gasteiger partial charge on any atom is 0.410 e. The molecule has 0 unspecified atom stereocenters. The van der Waals surface area contributed by atoms with Crippen LogP contribution in [0.3, 0.4) is 0 Å². The number of likely N-dealkylation sites (tertiary alicyclic amines) is 2. The van der Waals surface area contributed by atoms with Crippen molar-refractivity contribution in [2.45, 2.75) is 51.2 Å². The first-order chi connectivity index (χ1) is 13.2. The maximum absolute atomic E-state index is 12.2. The number of halogens is 1. The highest BCUT2D eigenvalue weighted by molar-refractivity contribution is 14.1. The summed E-state index contributed by atoms with van der Waals surface area (Å²) in [5.41, 5.74) is -0.0938. The minimum Gasteiger partial charge on any atom is -0.444 e. The zero-order valence-corrected chi connectivity index (χ0v) is 19.2. The zero-order valence-electron chi connectivity index (χ0n) is 17.0. The van der Waals surface area contributed by atoms with Crippen LogP contribution in [0.15, 0.2) is 12.4 Å². The molecule has 0 radical (unpaired) electrons. The number of piperidine rings is 1. The molecule has 0 bridgehead atoms.